The largest absolute Gasteiger partial charge is 0.741 e. The molecule has 2 N–H and O–H groups in total. The maximum atomic E-state index is 5.00. The van der Waals surface area contributed by atoms with E-state index in [0.29, 0.717) is 0 Å². The SMILES string of the molecule is CC(C)=NN=C(N)[S-]. The number of hydrogen-bond donors (Lipinski definition) is 1. The summed E-state index contributed by atoms with van der Waals surface area (Å²) in [4.78, 5) is 0. The Labute approximate surface area is 54.1 Å². The van der Waals surface area contributed by atoms with Crippen molar-refractivity contribution in [1.82, 2.24) is 0 Å². The molecular formula is C4H8N3S-. The van der Waals surface area contributed by atoms with Crippen LogP contribution in [-0.4, -0.2) is 10.9 Å². The average molecular weight is 130 g/mol. The predicted molar refractivity (Wildman–Crippen MR) is 37.8 cm³/mol. The third kappa shape index (κ3) is 5.36. The lowest BCUT2D eigenvalue weighted by atomic mass is 10.5. The molecule has 0 saturated carbocycles. The van der Waals surface area contributed by atoms with E-state index in [0.717, 1.165) is 5.71 Å². The van der Waals surface area contributed by atoms with E-state index in [1.807, 2.05) is 13.8 Å². The summed E-state index contributed by atoms with van der Waals surface area (Å²) in [5.74, 6) is 0. The van der Waals surface area contributed by atoms with Crippen molar-refractivity contribution >= 4 is 23.5 Å². The van der Waals surface area contributed by atoms with Crippen LogP contribution in [0.2, 0.25) is 0 Å². The van der Waals surface area contributed by atoms with Gasteiger partial charge >= 0.3 is 0 Å². The summed E-state index contributed by atoms with van der Waals surface area (Å²) < 4.78 is 0. The Morgan fingerprint density at radius 1 is 1.38 bits per heavy atom. The lowest BCUT2D eigenvalue weighted by Crippen LogP contribution is -2.05. The fourth-order valence-corrected chi connectivity index (χ4v) is 0.190. The molecular weight excluding hydrogens is 122 g/mol. The summed E-state index contributed by atoms with van der Waals surface area (Å²) >= 11 is 4.42. The first-order chi connectivity index (χ1) is 3.63. The summed E-state index contributed by atoms with van der Waals surface area (Å²) in [6, 6.07) is 0. The zero-order chi connectivity index (χ0) is 6.57. The van der Waals surface area contributed by atoms with Crippen LogP contribution in [0.25, 0.3) is 0 Å². The maximum Gasteiger partial charge on any atom is 0.0344 e. The van der Waals surface area contributed by atoms with Gasteiger partial charge in [-0.15, -0.1) is 0 Å². The molecule has 0 heterocycles. The van der Waals surface area contributed by atoms with Gasteiger partial charge in [-0.1, -0.05) is 0 Å². The number of rotatable bonds is 1. The van der Waals surface area contributed by atoms with Crippen LogP contribution < -0.4 is 5.73 Å². The molecule has 0 aliphatic heterocycles. The standard InChI is InChI=1S/C4H9N3S/c1-3(2)6-7-4(5)8/h1-2H3,(H3,5,7,8)/p-1. The van der Waals surface area contributed by atoms with E-state index in [9.17, 15) is 0 Å². The fraction of sp³-hybridized carbons (Fsp3) is 0.500. The predicted octanol–water partition coefficient (Wildman–Crippen LogP) is 0.244. The molecule has 0 bridgehead atoms. The zero-order valence-electron chi connectivity index (χ0n) is 4.88. The minimum absolute atomic E-state index is 0.0752. The number of nitrogens with zero attached hydrogens (tertiary/aromatic N) is 2. The third-order valence-corrected chi connectivity index (χ3v) is 0.430. The Kier molecular flexibility index (Phi) is 3.10. The van der Waals surface area contributed by atoms with E-state index in [-0.39, 0.29) is 5.17 Å². The summed E-state index contributed by atoms with van der Waals surface area (Å²) in [6.07, 6.45) is 0. The van der Waals surface area contributed by atoms with E-state index in [4.69, 9.17) is 5.73 Å². The lowest BCUT2D eigenvalue weighted by Gasteiger charge is -1.96. The first-order valence-electron chi connectivity index (χ1n) is 2.14. The van der Waals surface area contributed by atoms with Gasteiger partial charge in [0.15, 0.2) is 0 Å². The van der Waals surface area contributed by atoms with Crippen molar-refractivity contribution in [3.05, 3.63) is 0 Å². The Balaban J connectivity index is 3.76. The second-order valence-electron chi connectivity index (χ2n) is 1.49. The smallest absolute Gasteiger partial charge is 0.0344 e. The van der Waals surface area contributed by atoms with E-state index in [2.05, 4.69) is 22.8 Å². The van der Waals surface area contributed by atoms with Gasteiger partial charge in [-0.2, -0.15) is 10.2 Å². The summed E-state index contributed by atoms with van der Waals surface area (Å²) in [5.41, 5.74) is 5.84. The molecule has 0 aliphatic rings. The summed E-state index contributed by atoms with van der Waals surface area (Å²) in [6.45, 7) is 3.64. The highest BCUT2D eigenvalue weighted by Gasteiger charge is 1.69. The fourth-order valence-electron chi connectivity index (χ4n) is 0.149. The van der Waals surface area contributed by atoms with Gasteiger partial charge in [0.1, 0.15) is 0 Å². The van der Waals surface area contributed by atoms with Crippen LogP contribution in [0.5, 0.6) is 0 Å². The van der Waals surface area contributed by atoms with Crippen molar-refractivity contribution in [3.8, 4) is 0 Å². The highest BCUT2D eigenvalue weighted by atomic mass is 32.1. The molecule has 0 amide bonds. The van der Waals surface area contributed by atoms with Gasteiger partial charge < -0.3 is 18.4 Å². The Bertz CT molecular complexity index is 103. The van der Waals surface area contributed by atoms with E-state index in [1.165, 1.54) is 0 Å². The maximum absolute atomic E-state index is 5.00. The first kappa shape index (κ1) is 7.36. The van der Waals surface area contributed by atoms with Crippen LogP contribution in [0.4, 0.5) is 0 Å². The molecule has 0 atom stereocenters. The Hall–Kier alpha value is -0.640. The molecule has 0 aliphatic carbocycles. The molecule has 4 heteroatoms. The van der Waals surface area contributed by atoms with Gasteiger partial charge in [0.25, 0.3) is 0 Å². The third-order valence-electron chi connectivity index (χ3n) is 0.349. The van der Waals surface area contributed by atoms with Crippen molar-refractivity contribution in [2.75, 3.05) is 0 Å². The molecule has 0 aromatic heterocycles. The van der Waals surface area contributed by atoms with Crippen molar-refractivity contribution < 1.29 is 0 Å². The van der Waals surface area contributed by atoms with Gasteiger partial charge in [-0.3, -0.25) is 0 Å². The molecule has 0 aromatic rings. The van der Waals surface area contributed by atoms with Crippen molar-refractivity contribution in [2.45, 2.75) is 13.8 Å². The molecule has 8 heavy (non-hydrogen) atoms. The summed E-state index contributed by atoms with van der Waals surface area (Å²) in [7, 11) is 0. The minimum Gasteiger partial charge on any atom is -0.741 e. The monoisotopic (exact) mass is 130 g/mol. The zero-order valence-corrected chi connectivity index (χ0v) is 5.70. The molecule has 0 unspecified atom stereocenters. The number of nitrogens with two attached hydrogens (primary N) is 1. The van der Waals surface area contributed by atoms with E-state index >= 15 is 0 Å². The van der Waals surface area contributed by atoms with E-state index in [1.54, 1.807) is 0 Å². The van der Waals surface area contributed by atoms with Crippen LogP contribution in [0.1, 0.15) is 13.8 Å². The molecule has 0 radical (unpaired) electrons. The number of amidine groups is 1. The van der Waals surface area contributed by atoms with Crippen LogP contribution >= 0.6 is 0 Å². The Morgan fingerprint density at radius 3 is 2.00 bits per heavy atom. The second-order valence-corrected chi connectivity index (χ2v) is 1.90. The molecule has 0 saturated heterocycles. The average Bonchev–Trinajstić information content (AvgIpc) is 1.61. The summed E-state index contributed by atoms with van der Waals surface area (Å²) in [5, 5.41) is 7.10. The van der Waals surface area contributed by atoms with Crippen molar-refractivity contribution in [3.63, 3.8) is 0 Å². The highest BCUT2D eigenvalue weighted by Crippen LogP contribution is 1.75. The second kappa shape index (κ2) is 3.37. The quantitative estimate of drug-likeness (QED) is 0.239. The highest BCUT2D eigenvalue weighted by molar-refractivity contribution is 7.77. The normalized spacial score (nSPS) is 11.0. The van der Waals surface area contributed by atoms with E-state index < -0.39 is 0 Å². The van der Waals surface area contributed by atoms with Crippen LogP contribution in [0.3, 0.4) is 0 Å². The van der Waals surface area contributed by atoms with Gasteiger partial charge in [0.05, 0.1) is 0 Å². The lowest BCUT2D eigenvalue weighted by molar-refractivity contribution is 1.22. The molecule has 0 rings (SSSR count). The van der Waals surface area contributed by atoms with Gasteiger partial charge in [0, 0.05) is 5.71 Å². The molecule has 0 aromatic carbocycles. The van der Waals surface area contributed by atoms with Crippen molar-refractivity contribution in [1.29, 1.82) is 0 Å². The molecule has 46 valence electrons. The topological polar surface area (TPSA) is 50.7 Å². The molecule has 3 nitrogen and oxygen atoms in total. The van der Waals surface area contributed by atoms with Crippen molar-refractivity contribution in [2.24, 2.45) is 15.9 Å². The van der Waals surface area contributed by atoms with Crippen LogP contribution in [0.15, 0.2) is 10.2 Å². The first-order valence-corrected chi connectivity index (χ1v) is 2.55. The van der Waals surface area contributed by atoms with Gasteiger partial charge in [0.2, 0.25) is 0 Å². The van der Waals surface area contributed by atoms with Gasteiger partial charge in [-0.25, -0.2) is 0 Å². The minimum atomic E-state index is 0.0752. The molecule has 0 fully saturated rings. The van der Waals surface area contributed by atoms with Crippen LogP contribution in [-0.2, 0) is 12.6 Å². The number of hydrogen-bond acceptors (Lipinski definition) is 3. The van der Waals surface area contributed by atoms with Crippen LogP contribution in [0, 0.1) is 0 Å². The Morgan fingerprint density at radius 2 is 1.88 bits per heavy atom. The van der Waals surface area contributed by atoms with Gasteiger partial charge in [-0.05, 0) is 19.0 Å². The molecule has 0 spiro atoms.